The highest BCUT2D eigenvalue weighted by Gasteiger charge is 2.47. The molecule has 16 heteroatoms. The first kappa shape index (κ1) is 31.7. The highest BCUT2D eigenvalue weighted by Crippen LogP contribution is 2.39. The number of hydrogen-bond acceptors (Lipinski definition) is 16. The fourth-order valence-corrected chi connectivity index (χ4v) is 4.99. The summed E-state index contributed by atoms with van der Waals surface area (Å²) in [6.07, 6.45) is -16.0. The lowest BCUT2D eigenvalue weighted by Crippen LogP contribution is -2.61. The van der Waals surface area contributed by atoms with Crippen molar-refractivity contribution in [2.24, 2.45) is 0 Å². The Hall–Kier alpha value is -3.71. The van der Waals surface area contributed by atoms with Gasteiger partial charge in [0.1, 0.15) is 65.2 Å². The van der Waals surface area contributed by atoms with Crippen LogP contribution in [0, 0.1) is 0 Å². The fourth-order valence-electron chi connectivity index (χ4n) is 4.99. The largest absolute Gasteiger partial charge is 0.508 e. The van der Waals surface area contributed by atoms with Gasteiger partial charge < -0.3 is 74.1 Å². The second-order valence-electron chi connectivity index (χ2n) is 10.5. The van der Waals surface area contributed by atoms with E-state index in [4.69, 9.17) is 28.1 Å². The third-order valence-corrected chi connectivity index (χ3v) is 7.50. The van der Waals surface area contributed by atoms with Crippen molar-refractivity contribution in [3.05, 3.63) is 40.6 Å². The first-order chi connectivity index (χ1) is 20.8. The van der Waals surface area contributed by atoms with E-state index in [2.05, 4.69) is 0 Å². The molecule has 0 spiro atoms. The molecule has 0 aliphatic carbocycles. The lowest BCUT2D eigenvalue weighted by molar-refractivity contribution is -0.318. The summed E-state index contributed by atoms with van der Waals surface area (Å²) in [6, 6.07) is 5.83. The Kier molecular flexibility index (Phi) is 8.90. The molecule has 0 bridgehead atoms. The molecule has 2 saturated heterocycles. The second-order valence-corrected chi connectivity index (χ2v) is 10.5. The van der Waals surface area contributed by atoms with Crippen LogP contribution >= 0.6 is 0 Å². The van der Waals surface area contributed by atoms with Crippen molar-refractivity contribution in [1.82, 2.24) is 0 Å². The summed E-state index contributed by atoms with van der Waals surface area (Å²) in [5.74, 6) is -2.28. The van der Waals surface area contributed by atoms with Gasteiger partial charge in [-0.3, -0.25) is 4.79 Å². The van der Waals surface area contributed by atoms with Crippen molar-refractivity contribution in [2.45, 2.75) is 68.3 Å². The first-order valence-electron chi connectivity index (χ1n) is 13.4. The van der Waals surface area contributed by atoms with Crippen molar-refractivity contribution in [2.75, 3.05) is 13.7 Å². The van der Waals surface area contributed by atoms with Crippen molar-refractivity contribution in [1.29, 1.82) is 0 Å². The summed E-state index contributed by atoms with van der Waals surface area (Å²) < 4.78 is 33.2. The molecule has 1 aromatic heterocycles. The normalized spacial score (nSPS) is 32.5. The summed E-state index contributed by atoms with van der Waals surface area (Å²) in [5.41, 5.74) is -1.11. The fraction of sp³-hybridized carbons (Fsp3) is 0.464. The summed E-state index contributed by atoms with van der Waals surface area (Å²) in [6.45, 7) is 0.845. The molecule has 5 unspecified atom stereocenters. The standard InChI is InChI=1S/C28H32O16/c1-9-18(32)21(35)23(37)27(41-9)40-8-16-19(33)22(36)24(38)28(43-16)44-26-20(34)17-13(31)6-11(29)7-15(17)42-25(26)10-3-4-12(30)14(5-10)39-2/h3-7,9,16,18-19,21-24,27-33,35-38H,8H2,1-2H3/t9?,16?,18-,19+,21-,22?,23?,24?,27+,28-/m0/s1. The quantitative estimate of drug-likeness (QED) is 0.147. The van der Waals surface area contributed by atoms with Crippen LogP contribution in [0.25, 0.3) is 22.3 Å². The highest BCUT2D eigenvalue weighted by molar-refractivity contribution is 5.88. The molecule has 3 heterocycles. The number of aromatic hydroxyl groups is 3. The van der Waals surface area contributed by atoms with E-state index in [0.717, 1.165) is 12.1 Å². The molecule has 2 aliphatic heterocycles. The second kappa shape index (κ2) is 12.4. The van der Waals surface area contributed by atoms with Crippen LogP contribution in [0.3, 0.4) is 0 Å². The number of ether oxygens (including phenoxy) is 5. The van der Waals surface area contributed by atoms with E-state index in [1.165, 1.54) is 32.2 Å². The van der Waals surface area contributed by atoms with Crippen LogP contribution in [-0.2, 0) is 14.2 Å². The maximum absolute atomic E-state index is 13.7. The van der Waals surface area contributed by atoms with Crippen LogP contribution in [0.5, 0.6) is 28.7 Å². The summed E-state index contributed by atoms with van der Waals surface area (Å²) in [7, 11) is 1.28. The topological polar surface area (TPSA) is 258 Å². The van der Waals surface area contributed by atoms with Crippen molar-refractivity contribution < 1.29 is 74.1 Å². The monoisotopic (exact) mass is 624 g/mol. The van der Waals surface area contributed by atoms with Gasteiger partial charge in [-0.05, 0) is 25.1 Å². The minimum Gasteiger partial charge on any atom is -0.508 e. The van der Waals surface area contributed by atoms with Gasteiger partial charge in [0.15, 0.2) is 23.5 Å². The zero-order chi connectivity index (χ0) is 32.0. The van der Waals surface area contributed by atoms with Crippen LogP contribution in [0.2, 0.25) is 0 Å². The molecule has 2 aromatic carbocycles. The molecule has 2 aliphatic rings. The van der Waals surface area contributed by atoms with E-state index >= 15 is 0 Å². The van der Waals surface area contributed by atoms with E-state index < -0.39 is 96.1 Å². The molecule has 3 aromatic rings. The molecule has 5 rings (SSSR count). The number of phenols is 3. The average molecular weight is 625 g/mol. The Balaban J connectivity index is 1.49. The van der Waals surface area contributed by atoms with Crippen LogP contribution in [0.15, 0.2) is 39.5 Å². The van der Waals surface area contributed by atoms with Crippen molar-refractivity contribution in [3.8, 4) is 40.1 Å². The Morgan fingerprint density at radius 3 is 2.18 bits per heavy atom. The van der Waals surface area contributed by atoms with Crippen LogP contribution < -0.4 is 14.9 Å². The molecule has 2 fully saturated rings. The molecule has 0 radical (unpaired) electrons. The Labute approximate surface area is 248 Å². The number of phenolic OH excluding ortho intramolecular Hbond substituents is 3. The summed E-state index contributed by atoms with van der Waals surface area (Å²) in [5, 5.41) is 92.1. The van der Waals surface area contributed by atoms with Crippen LogP contribution in [-0.4, -0.2) is 121 Å². The molecular weight excluding hydrogens is 592 g/mol. The zero-order valence-electron chi connectivity index (χ0n) is 23.3. The molecule has 240 valence electrons. The van der Waals surface area contributed by atoms with Gasteiger partial charge in [0.05, 0.1) is 19.8 Å². The Bertz CT molecular complexity index is 1560. The van der Waals surface area contributed by atoms with Gasteiger partial charge in [0.25, 0.3) is 0 Å². The molecule has 10 atom stereocenters. The molecule has 16 nitrogen and oxygen atoms in total. The van der Waals surface area contributed by atoms with E-state index in [1.54, 1.807) is 0 Å². The molecule has 0 saturated carbocycles. The number of hydrogen-bond donors (Lipinski definition) is 9. The number of aliphatic hydroxyl groups excluding tert-OH is 6. The van der Waals surface area contributed by atoms with Gasteiger partial charge in [-0.15, -0.1) is 0 Å². The number of fused-ring (bicyclic) bond motifs is 1. The highest BCUT2D eigenvalue weighted by atomic mass is 16.7. The number of methoxy groups -OCH3 is 1. The van der Waals surface area contributed by atoms with Gasteiger partial charge in [-0.25, -0.2) is 0 Å². The minimum atomic E-state index is -1.94. The van der Waals surface area contributed by atoms with Gasteiger partial charge in [0, 0.05) is 17.7 Å². The van der Waals surface area contributed by atoms with Gasteiger partial charge in [-0.2, -0.15) is 0 Å². The van der Waals surface area contributed by atoms with Gasteiger partial charge >= 0.3 is 0 Å². The van der Waals surface area contributed by atoms with E-state index in [9.17, 15) is 50.8 Å². The van der Waals surface area contributed by atoms with E-state index in [-0.39, 0.29) is 28.4 Å². The molecular formula is C28H32O16. The van der Waals surface area contributed by atoms with E-state index in [1.807, 2.05) is 0 Å². The minimum absolute atomic E-state index is 0.0151. The lowest BCUT2D eigenvalue weighted by atomic mass is 9.98. The average Bonchev–Trinajstić information content (AvgIpc) is 2.98. The Morgan fingerprint density at radius 1 is 0.795 bits per heavy atom. The molecule has 9 N–H and O–H groups in total. The van der Waals surface area contributed by atoms with Crippen LogP contribution in [0.4, 0.5) is 0 Å². The lowest BCUT2D eigenvalue weighted by Gasteiger charge is -2.42. The number of rotatable bonds is 7. The maximum Gasteiger partial charge on any atom is 0.239 e. The zero-order valence-corrected chi connectivity index (χ0v) is 23.3. The summed E-state index contributed by atoms with van der Waals surface area (Å²) in [4.78, 5) is 13.7. The summed E-state index contributed by atoms with van der Waals surface area (Å²) >= 11 is 0. The third kappa shape index (κ3) is 5.74. The van der Waals surface area contributed by atoms with Crippen molar-refractivity contribution in [3.63, 3.8) is 0 Å². The van der Waals surface area contributed by atoms with Crippen LogP contribution in [0.1, 0.15) is 6.92 Å². The van der Waals surface area contributed by atoms with Gasteiger partial charge in [0.2, 0.25) is 17.5 Å². The SMILES string of the molecule is COc1cc(-c2oc3cc(O)cc(O)c3c(=O)c2O[C@@H]2OC(CO[C@@H]3OC(C)[C@H](O)[C@H](O)C3O)[C@@H](O)C(O)C2O)ccc1O. The predicted octanol–water partition coefficient (Wildman–Crippen LogP) is -1.38. The number of benzene rings is 2. The number of aliphatic hydroxyl groups is 6. The predicted molar refractivity (Wildman–Crippen MR) is 145 cm³/mol. The maximum atomic E-state index is 13.7. The molecule has 0 amide bonds. The van der Waals surface area contributed by atoms with Crippen molar-refractivity contribution >= 4 is 11.0 Å². The molecule has 44 heavy (non-hydrogen) atoms. The first-order valence-corrected chi connectivity index (χ1v) is 13.4. The van der Waals surface area contributed by atoms with Gasteiger partial charge in [-0.1, -0.05) is 0 Å². The Morgan fingerprint density at radius 2 is 1.48 bits per heavy atom. The third-order valence-electron chi connectivity index (χ3n) is 7.50. The smallest absolute Gasteiger partial charge is 0.239 e. The van der Waals surface area contributed by atoms with E-state index in [0.29, 0.717) is 0 Å².